The molecule has 0 aliphatic heterocycles. The Balaban J connectivity index is 0.957. The van der Waals surface area contributed by atoms with Crippen molar-refractivity contribution in [1.82, 2.24) is 0 Å². The minimum atomic E-state index is 0.0709. The number of para-hydroxylation sites is 6. The third-order valence-electron chi connectivity index (χ3n) is 14.2. The van der Waals surface area contributed by atoms with Gasteiger partial charge in [0, 0.05) is 61.0 Å². The van der Waals surface area contributed by atoms with Crippen molar-refractivity contribution in [2.75, 3.05) is 9.80 Å². The molecule has 4 nitrogen and oxygen atoms in total. The van der Waals surface area contributed by atoms with E-state index in [9.17, 15) is 0 Å². The molecule has 0 spiro atoms. The highest BCUT2D eigenvalue weighted by molar-refractivity contribution is 6.15. The number of fused-ring (bicyclic) bond motifs is 6. The van der Waals surface area contributed by atoms with Crippen LogP contribution in [0.1, 0.15) is 17.9 Å². The Morgan fingerprint density at radius 2 is 0.838 bits per heavy atom. The number of furan rings is 2. The predicted octanol–water partition coefficient (Wildman–Crippen LogP) is 16.2. The molecule has 0 bridgehead atoms. The van der Waals surface area contributed by atoms with Crippen LogP contribution in [0.2, 0.25) is 0 Å². The van der Waals surface area contributed by atoms with Crippen molar-refractivity contribution in [1.29, 1.82) is 0 Å². The van der Waals surface area contributed by atoms with Gasteiger partial charge in [0.1, 0.15) is 11.2 Å². The van der Waals surface area contributed by atoms with Crippen LogP contribution in [0, 0.1) is 0 Å². The molecule has 2 heterocycles. The number of rotatable bonds is 8. The maximum atomic E-state index is 7.09. The smallest absolute Gasteiger partial charge is 0.159 e. The van der Waals surface area contributed by atoms with Crippen molar-refractivity contribution >= 4 is 95.2 Å². The summed E-state index contributed by atoms with van der Waals surface area (Å²) in [6.45, 7) is 0. The molecule has 0 N–H and O–H groups in total. The molecule has 1 unspecified atom stereocenters. The van der Waals surface area contributed by atoms with Crippen LogP contribution in [0.5, 0.6) is 0 Å². The Labute approximate surface area is 392 Å². The van der Waals surface area contributed by atoms with Crippen molar-refractivity contribution < 1.29 is 8.83 Å². The number of hydrogen-bond acceptors (Lipinski definition) is 4. The molecule has 0 amide bonds. The lowest BCUT2D eigenvalue weighted by Gasteiger charge is -2.36. The molecular weight excluding hydrogens is 829 g/mol. The molecule has 4 heteroatoms. The van der Waals surface area contributed by atoms with E-state index in [4.69, 9.17) is 8.83 Å². The lowest BCUT2D eigenvalue weighted by Crippen LogP contribution is -2.31. The highest BCUT2D eigenvalue weighted by atomic mass is 16.3. The Morgan fingerprint density at radius 1 is 0.353 bits per heavy atom. The highest BCUT2D eigenvalue weighted by Crippen LogP contribution is 2.49. The van der Waals surface area contributed by atoms with Crippen LogP contribution in [0.15, 0.2) is 239 Å². The Bertz CT molecular complexity index is 4110. The maximum Gasteiger partial charge on any atom is 0.159 e. The molecule has 320 valence electrons. The summed E-state index contributed by atoms with van der Waals surface area (Å²) in [4.78, 5) is 4.84. The van der Waals surface area contributed by atoms with Crippen molar-refractivity contribution in [2.45, 2.75) is 12.3 Å². The van der Waals surface area contributed by atoms with Gasteiger partial charge < -0.3 is 18.6 Å². The fourth-order valence-electron chi connectivity index (χ4n) is 11.2. The highest BCUT2D eigenvalue weighted by Gasteiger charge is 2.33. The van der Waals surface area contributed by atoms with Crippen molar-refractivity contribution in [3.05, 3.63) is 246 Å². The number of allylic oxidation sites excluding steroid dienone is 2. The van der Waals surface area contributed by atoms with E-state index in [-0.39, 0.29) is 5.92 Å². The van der Waals surface area contributed by atoms with Crippen LogP contribution >= 0.6 is 0 Å². The van der Waals surface area contributed by atoms with Gasteiger partial charge in [-0.05, 0) is 87.5 Å². The van der Waals surface area contributed by atoms with Crippen LogP contribution < -0.4 is 20.2 Å². The van der Waals surface area contributed by atoms with Gasteiger partial charge in [-0.1, -0.05) is 188 Å². The van der Waals surface area contributed by atoms with Crippen molar-refractivity contribution in [3.8, 4) is 22.3 Å². The van der Waals surface area contributed by atoms with Gasteiger partial charge in [0.25, 0.3) is 0 Å². The topological polar surface area (TPSA) is 32.8 Å². The molecule has 1 atom stereocenters. The number of benzene rings is 10. The van der Waals surface area contributed by atoms with E-state index in [0.717, 1.165) is 101 Å². The van der Waals surface area contributed by atoms with E-state index in [1.54, 1.807) is 0 Å². The first-order valence-electron chi connectivity index (χ1n) is 23.4. The zero-order valence-electron chi connectivity index (χ0n) is 37.0. The van der Waals surface area contributed by atoms with E-state index < -0.39 is 0 Å². The number of anilines is 5. The van der Waals surface area contributed by atoms with E-state index in [1.165, 1.54) is 32.5 Å². The van der Waals surface area contributed by atoms with Crippen LogP contribution in [0.25, 0.3) is 89.1 Å². The molecule has 0 radical (unpaired) electrons. The second-order valence-corrected chi connectivity index (χ2v) is 17.9. The third-order valence-corrected chi connectivity index (χ3v) is 14.2. The molecule has 0 saturated heterocycles. The van der Waals surface area contributed by atoms with Gasteiger partial charge in [0.15, 0.2) is 11.2 Å². The summed E-state index contributed by atoms with van der Waals surface area (Å²) in [7, 11) is 0. The zero-order valence-corrected chi connectivity index (χ0v) is 37.0. The molecule has 2 aliphatic rings. The summed E-state index contributed by atoms with van der Waals surface area (Å²) in [6, 6.07) is 78.0. The largest absolute Gasteiger partial charge is 0.453 e. The SMILES string of the molecule is C1=C(N(c2ccccc2)c2cccc3c2oc2c(-c4ccccc4)cccc23)C2CC=c3ccc(N(c4ccccc4)c4cccc5c4oc4c(-c6ccccc6)cccc45)c4ccc(c2c34)=C1. The van der Waals surface area contributed by atoms with Crippen LogP contribution in [0.3, 0.4) is 0 Å². The van der Waals surface area contributed by atoms with Gasteiger partial charge in [-0.2, -0.15) is 0 Å². The second kappa shape index (κ2) is 15.4. The summed E-state index contributed by atoms with van der Waals surface area (Å²) in [5.41, 5.74) is 15.8. The first-order valence-corrected chi connectivity index (χ1v) is 23.4. The normalized spacial score (nSPS) is 14.0. The van der Waals surface area contributed by atoms with Crippen LogP contribution in [-0.4, -0.2) is 0 Å². The first kappa shape index (κ1) is 38.4. The van der Waals surface area contributed by atoms with Gasteiger partial charge in [-0.3, -0.25) is 0 Å². The van der Waals surface area contributed by atoms with Gasteiger partial charge >= 0.3 is 0 Å². The molecule has 2 aliphatic carbocycles. The quantitative estimate of drug-likeness (QED) is 0.152. The molecule has 14 rings (SSSR count). The second-order valence-electron chi connectivity index (χ2n) is 17.9. The zero-order chi connectivity index (χ0) is 44.7. The van der Waals surface area contributed by atoms with Crippen molar-refractivity contribution in [3.63, 3.8) is 0 Å². The van der Waals surface area contributed by atoms with Gasteiger partial charge in [-0.25, -0.2) is 0 Å². The number of nitrogens with zero attached hydrogens (tertiary/aromatic N) is 2. The van der Waals surface area contributed by atoms with E-state index in [0.29, 0.717) is 0 Å². The van der Waals surface area contributed by atoms with E-state index in [2.05, 4.69) is 246 Å². The molecule has 10 aromatic carbocycles. The van der Waals surface area contributed by atoms with Crippen molar-refractivity contribution in [2.24, 2.45) is 0 Å². The van der Waals surface area contributed by atoms with Gasteiger partial charge in [-0.15, -0.1) is 0 Å². The fraction of sp³-hybridized carbons (Fsp3) is 0.0312. The average Bonchev–Trinajstić information content (AvgIpc) is 4.00. The molecule has 0 fully saturated rings. The summed E-state index contributed by atoms with van der Waals surface area (Å²) in [5, 5.41) is 9.38. The molecular formula is C64H42N2O2. The van der Waals surface area contributed by atoms with E-state index in [1.807, 2.05) is 0 Å². The van der Waals surface area contributed by atoms with E-state index >= 15 is 0 Å². The Kier molecular flexibility index (Phi) is 8.68. The number of hydrogen-bond donors (Lipinski definition) is 0. The average molecular weight is 871 g/mol. The lowest BCUT2D eigenvalue weighted by atomic mass is 9.79. The summed E-state index contributed by atoms with van der Waals surface area (Å²) in [6.07, 6.45) is 7.97. The lowest BCUT2D eigenvalue weighted by molar-refractivity contribution is 0.668. The third kappa shape index (κ3) is 5.87. The minimum absolute atomic E-state index is 0.0709. The van der Waals surface area contributed by atoms with Crippen LogP contribution in [-0.2, 0) is 0 Å². The fourth-order valence-corrected chi connectivity index (χ4v) is 11.2. The first-order chi connectivity index (χ1) is 33.8. The van der Waals surface area contributed by atoms with Gasteiger partial charge in [0.2, 0.25) is 0 Å². The molecule has 68 heavy (non-hydrogen) atoms. The molecule has 2 aromatic heterocycles. The summed E-state index contributed by atoms with van der Waals surface area (Å²) >= 11 is 0. The standard InChI is InChI=1S/C64H42N2O2/c1-5-17-41(18-6-1)47-25-13-27-49-51-29-15-31-57(63(51)67-61(47)49)65(45-21-9-3-10-22-45)55-39-35-43-34-38-54-56(40-36-44-33-37-53(55)59(43)60(44)54)66(46-23-11-4-12-24-46)58-32-16-30-52-50-28-14-26-48(62(50)68-64(52)58)42-19-7-2-8-20-42/h1-37,39-40,54H,38H2. The summed E-state index contributed by atoms with van der Waals surface area (Å²) < 4.78 is 14.2. The predicted molar refractivity (Wildman–Crippen MR) is 283 cm³/mol. The summed E-state index contributed by atoms with van der Waals surface area (Å²) in [5.74, 6) is 0.0709. The molecule has 12 aromatic rings. The Morgan fingerprint density at radius 3 is 1.41 bits per heavy atom. The molecule has 0 saturated carbocycles. The Hall–Kier alpha value is -8.86. The minimum Gasteiger partial charge on any atom is -0.453 e. The van der Waals surface area contributed by atoms with Gasteiger partial charge in [0.05, 0.1) is 17.1 Å². The monoisotopic (exact) mass is 870 g/mol. The maximum absolute atomic E-state index is 7.09. The van der Waals surface area contributed by atoms with Crippen LogP contribution in [0.4, 0.5) is 28.4 Å².